The molecule has 0 bridgehead atoms. The van der Waals surface area contributed by atoms with Gasteiger partial charge in [0.25, 0.3) is 5.91 Å². The molecule has 1 N–H and O–H groups in total. The van der Waals surface area contributed by atoms with E-state index in [-0.39, 0.29) is 18.0 Å². The van der Waals surface area contributed by atoms with Gasteiger partial charge in [0.1, 0.15) is 5.82 Å². The second-order valence-corrected chi connectivity index (χ2v) is 6.01. The van der Waals surface area contributed by atoms with Crippen LogP contribution in [0.15, 0.2) is 18.3 Å². The van der Waals surface area contributed by atoms with Gasteiger partial charge in [0, 0.05) is 44.0 Å². The van der Waals surface area contributed by atoms with Crippen molar-refractivity contribution in [1.29, 1.82) is 0 Å². The number of nitrogens with one attached hydrogen (secondary N) is 1. The molecule has 7 nitrogen and oxygen atoms in total. The van der Waals surface area contributed by atoms with Gasteiger partial charge in [0.2, 0.25) is 0 Å². The third-order valence-electron chi connectivity index (χ3n) is 4.45. The molecule has 0 spiro atoms. The van der Waals surface area contributed by atoms with E-state index in [0.29, 0.717) is 25.3 Å². The predicted molar refractivity (Wildman–Crippen MR) is 96.9 cm³/mol. The molecule has 2 amide bonds. The third kappa shape index (κ3) is 5.08. The SMILES string of the molecule is CCOC(=O)N1CCC(NC(=O)c2ccnc(N(CC)CC)c2)CC1. The number of rotatable bonds is 6. The van der Waals surface area contributed by atoms with Crippen molar-refractivity contribution in [2.24, 2.45) is 0 Å². The number of piperidine rings is 1. The Morgan fingerprint density at radius 2 is 1.96 bits per heavy atom. The normalized spacial score (nSPS) is 14.9. The fourth-order valence-corrected chi connectivity index (χ4v) is 2.97. The van der Waals surface area contributed by atoms with Crippen molar-refractivity contribution in [1.82, 2.24) is 15.2 Å². The van der Waals surface area contributed by atoms with E-state index in [1.54, 1.807) is 24.1 Å². The van der Waals surface area contributed by atoms with Gasteiger partial charge in [-0.25, -0.2) is 9.78 Å². The van der Waals surface area contributed by atoms with Crippen LogP contribution in [0.25, 0.3) is 0 Å². The molecule has 1 fully saturated rings. The first-order chi connectivity index (χ1) is 12.1. The van der Waals surface area contributed by atoms with Gasteiger partial charge in [0.15, 0.2) is 0 Å². The average molecular weight is 348 g/mol. The van der Waals surface area contributed by atoms with Crippen molar-refractivity contribution in [3.8, 4) is 0 Å². The van der Waals surface area contributed by atoms with Gasteiger partial charge in [-0.2, -0.15) is 0 Å². The number of hydrogen-bond donors (Lipinski definition) is 1. The van der Waals surface area contributed by atoms with Crippen molar-refractivity contribution < 1.29 is 14.3 Å². The van der Waals surface area contributed by atoms with Crippen molar-refractivity contribution in [3.05, 3.63) is 23.9 Å². The Labute approximate surface area is 149 Å². The first-order valence-corrected chi connectivity index (χ1v) is 9.02. The lowest BCUT2D eigenvalue weighted by molar-refractivity contribution is 0.0860. The summed E-state index contributed by atoms with van der Waals surface area (Å²) in [4.78, 5) is 32.4. The van der Waals surface area contributed by atoms with Gasteiger partial charge < -0.3 is 19.9 Å². The van der Waals surface area contributed by atoms with E-state index in [2.05, 4.69) is 29.0 Å². The molecule has 0 saturated carbocycles. The minimum atomic E-state index is -0.273. The first-order valence-electron chi connectivity index (χ1n) is 9.02. The lowest BCUT2D eigenvalue weighted by atomic mass is 10.0. The number of likely N-dealkylation sites (tertiary alicyclic amines) is 1. The Morgan fingerprint density at radius 1 is 1.28 bits per heavy atom. The lowest BCUT2D eigenvalue weighted by Gasteiger charge is -2.31. The Kier molecular flexibility index (Phi) is 7.03. The highest BCUT2D eigenvalue weighted by atomic mass is 16.6. The van der Waals surface area contributed by atoms with E-state index in [4.69, 9.17) is 4.74 Å². The Hall–Kier alpha value is -2.31. The first kappa shape index (κ1) is 19.0. The minimum absolute atomic E-state index is 0.0724. The minimum Gasteiger partial charge on any atom is -0.450 e. The molecule has 0 atom stereocenters. The summed E-state index contributed by atoms with van der Waals surface area (Å²) in [7, 11) is 0. The molecule has 138 valence electrons. The van der Waals surface area contributed by atoms with Gasteiger partial charge >= 0.3 is 6.09 Å². The monoisotopic (exact) mass is 348 g/mol. The van der Waals surface area contributed by atoms with E-state index >= 15 is 0 Å². The second kappa shape index (κ2) is 9.25. The number of pyridine rings is 1. The highest BCUT2D eigenvalue weighted by molar-refractivity contribution is 5.95. The highest BCUT2D eigenvalue weighted by Gasteiger charge is 2.25. The molecule has 2 rings (SSSR count). The zero-order valence-electron chi connectivity index (χ0n) is 15.3. The number of anilines is 1. The molecule has 0 unspecified atom stereocenters. The average Bonchev–Trinajstić information content (AvgIpc) is 2.64. The van der Waals surface area contributed by atoms with Crippen LogP contribution in [0, 0.1) is 0 Å². The van der Waals surface area contributed by atoms with E-state index in [1.165, 1.54) is 0 Å². The quantitative estimate of drug-likeness (QED) is 0.854. The maximum absolute atomic E-state index is 12.5. The number of nitrogens with zero attached hydrogens (tertiary/aromatic N) is 3. The van der Waals surface area contributed by atoms with Gasteiger partial charge in [-0.1, -0.05) is 0 Å². The van der Waals surface area contributed by atoms with Crippen LogP contribution in [-0.4, -0.2) is 60.7 Å². The smallest absolute Gasteiger partial charge is 0.409 e. The number of amides is 2. The summed E-state index contributed by atoms with van der Waals surface area (Å²) < 4.78 is 5.01. The molecule has 1 saturated heterocycles. The van der Waals surface area contributed by atoms with Crippen LogP contribution in [0.2, 0.25) is 0 Å². The molecule has 1 aliphatic rings. The van der Waals surface area contributed by atoms with E-state index in [9.17, 15) is 9.59 Å². The summed E-state index contributed by atoms with van der Waals surface area (Å²) in [5.74, 6) is 0.722. The summed E-state index contributed by atoms with van der Waals surface area (Å²) in [6.45, 7) is 9.21. The summed E-state index contributed by atoms with van der Waals surface area (Å²) in [6.07, 6.45) is 2.87. The summed E-state index contributed by atoms with van der Waals surface area (Å²) in [6, 6.07) is 3.63. The van der Waals surface area contributed by atoms with Gasteiger partial charge in [-0.05, 0) is 45.7 Å². The molecule has 1 aromatic rings. The number of ether oxygens (including phenoxy) is 1. The number of aromatic nitrogens is 1. The molecule has 25 heavy (non-hydrogen) atoms. The molecule has 0 aliphatic carbocycles. The zero-order chi connectivity index (χ0) is 18.2. The number of carbonyl (C=O) groups excluding carboxylic acids is 2. The van der Waals surface area contributed by atoms with Gasteiger partial charge in [-0.15, -0.1) is 0 Å². The van der Waals surface area contributed by atoms with Crippen molar-refractivity contribution in [2.45, 2.75) is 39.7 Å². The van der Waals surface area contributed by atoms with Crippen LogP contribution in [-0.2, 0) is 4.74 Å². The standard InChI is InChI=1S/C18H28N4O3/c1-4-21(5-2)16-13-14(7-10-19-16)17(23)20-15-8-11-22(12-9-15)18(24)25-6-3/h7,10,13,15H,4-6,8-9,11-12H2,1-3H3,(H,20,23). The van der Waals surface area contributed by atoms with Crippen LogP contribution in [0.5, 0.6) is 0 Å². The molecule has 7 heteroatoms. The molecule has 1 aromatic heterocycles. The molecule has 0 aromatic carbocycles. The summed E-state index contributed by atoms with van der Waals surface area (Å²) >= 11 is 0. The van der Waals surface area contributed by atoms with Gasteiger partial charge in [-0.3, -0.25) is 4.79 Å². The number of carbonyl (C=O) groups is 2. The molecule has 1 aliphatic heterocycles. The van der Waals surface area contributed by atoms with Crippen molar-refractivity contribution in [2.75, 3.05) is 37.7 Å². The molecule has 0 radical (unpaired) electrons. The fourth-order valence-electron chi connectivity index (χ4n) is 2.97. The van der Waals surface area contributed by atoms with Crippen LogP contribution in [0.4, 0.5) is 10.6 Å². The maximum atomic E-state index is 12.5. The summed E-state index contributed by atoms with van der Waals surface area (Å²) in [5.41, 5.74) is 0.615. The Morgan fingerprint density at radius 3 is 2.56 bits per heavy atom. The maximum Gasteiger partial charge on any atom is 0.409 e. The molecular weight excluding hydrogens is 320 g/mol. The third-order valence-corrected chi connectivity index (χ3v) is 4.45. The molecule has 2 heterocycles. The Balaban J connectivity index is 1.91. The largest absolute Gasteiger partial charge is 0.450 e. The van der Waals surface area contributed by atoms with Crippen LogP contribution in [0.1, 0.15) is 44.0 Å². The topological polar surface area (TPSA) is 74.8 Å². The van der Waals surface area contributed by atoms with Crippen LogP contribution < -0.4 is 10.2 Å². The second-order valence-electron chi connectivity index (χ2n) is 6.01. The molecular formula is C18H28N4O3. The fraction of sp³-hybridized carbons (Fsp3) is 0.611. The predicted octanol–water partition coefficient (Wildman–Crippen LogP) is 2.28. The van der Waals surface area contributed by atoms with Crippen LogP contribution in [0.3, 0.4) is 0 Å². The number of hydrogen-bond acceptors (Lipinski definition) is 5. The van der Waals surface area contributed by atoms with Gasteiger partial charge in [0.05, 0.1) is 6.61 Å². The highest BCUT2D eigenvalue weighted by Crippen LogP contribution is 2.15. The van der Waals surface area contributed by atoms with Crippen LogP contribution >= 0.6 is 0 Å². The van der Waals surface area contributed by atoms with Crippen molar-refractivity contribution in [3.63, 3.8) is 0 Å². The van der Waals surface area contributed by atoms with Crippen molar-refractivity contribution >= 4 is 17.8 Å². The van der Waals surface area contributed by atoms with E-state index in [0.717, 1.165) is 31.7 Å². The lowest BCUT2D eigenvalue weighted by Crippen LogP contribution is -2.46. The van der Waals surface area contributed by atoms with E-state index in [1.807, 2.05) is 6.07 Å². The zero-order valence-corrected chi connectivity index (χ0v) is 15.3. The Bertz CT molecular complexity index is 581. The van der Waals surface area contributed by atoms with E-state index < -0.39 is 0 Å². The summed E-state index contributed by atoms with van der Waals surface area (Å²) in [5, 5.41) is 3.06.